The Kier molecular flexibility index (Phi) is 37.5. The van der Waals surface area contributed by atoms with Crippen LogP contribution in [0.3, 0.4) is 0 Å². The fourth-order valence-electron chi connectivity index (χ4n) is 6.81. The van der Waals surface area contributed by atoms with Crippen molar-refractivity contribution in [2.24, 2.45) is 0 Å². The van der Waals surface area contributed by atoms with Gasteiger partial charge in [-0.3, -0.25) is 4.79 Å². The lowest BCUT2D eigenvalue weighted by Gasteiger charge is -2.39. The van der Waals surface area contributed by atoms with Crippen molar-refractivity contribution in [1.29, 1.82) is 0 Å². The van der Waals surface area contributed by atoms with E-state index in [0.29, 0.717) is 13.0 Å². The Morgan fingerprint density at radius 3 is 1.59 bits per heavy atom. The number of esters is 1. The van der Waals surface area contributed by atoms with Crippen LogP contribution in [0, 0.1) is 0 Å². The molecule has 336 valence electrons. The summed E-state index contributed by atoms with van der Waals surface area (Å²) in [5.74, 6) is -0.320. The van der Waals surface area contributed by atoms with E-state index in [-0.39, 0.29) is 19.2 Å². The van der Waals surface area contributed by atoms with Crippen molar-refractivity contribution in [3.63, 3.8) is 0 Å². The number of allylic oxidation sites excluding steroid dienone is 10. The topological polar surface area (TPSA) is 135 Å². The summed E-state index contributed by atoms with van der Waals surface area (Å²) in [6.45, 7) is 4.41. The van der Waals surface area contributed by atoms with Gasteiger partial charge < -0.3 is 39.4 Å². The van der Waals surface area contributed by atoms with Crippen LogP contribution in [0.2, 0.25) is 0 Å². The highest BCUT2D eigenvalue weighted by Gasteiger charge is 2.44. The summed E-state index contributed by atoms with van der Waals surface area (Å²) in [5.41, 5.74) is 0. The van der Waals surface area contributed by atoms with Gasteiger partial charge in [-0.25, -0.2) is 0 Å². The van der Waals surface area contributed by atoms with Crippen LogP contribution in [-0.4, -0.2) is 89.6 Å². The van der Waals surface area contributed by atoms with Crippen molar-refractivity contribution in [2.45, 2.75) is 218 Å². The first kappa shape index (κ1) is 53.9. The first-order valence-electron chi connectivity index (χ1n) is 23.4. The summed E-state index contributed by atoms with van der Waals surface area (Å²) >= 11 is 0. The zero-order chi connectivity index (χ0) is 42.2. The largest absolute Gasteiger partial charge is 0.457 e. The van der Waals surface area contributed by atoms with Gasteiger partial charge in [0.2, 0.25) is 0 Å². The van der Waals surface area contributed by atoms with Gasteiger partial charge in [0.15, 0.2) is 6.29 Å². The molecule has 0 saturated carbocycles. The van der Waals surface area contributed by atoms with Crippen LogP contribution in [0.4, 0.5) is 0 Å². The Hall–Kier alpha value is -2.11. The smallest absolute Gasteiger partial charge is 0.306 e. The van der Waals surface area contributed by atoms with Crippen molar-refractivity contribution in [2.75, 3.05) is 26.4 Å². The van der Waals surface area contributed by atoms with Gasteiger partial charge in [-0.05, 0) is 57.8 Å². The third kappa shape index (κ3) is 30.9. The molecule has 0 bridgehead atoms. The number of ether oxygens (including phenoxy) is 4. The van der Waals surface area contributed by atoms with E-state index in [1.54, 1.807) is 0 Å². The lowest BCUT2D eigenvalue weighted by molar-refractivity contribution is -0.305. The van der Waals surface area contributed by atoms with Crippen LogP contribution < -0.4 is 0 Å². The summed E-state index contributed by atoms with van der Waals surface area (Å²) in [7, 11) is 0. The molecule has 9 heteroatoms. The third-order valence-electron chi connectivity index (χ3n) is 10.4. The molecular formula is C49H86O9. The van der Waals surface area contributed by atoms with Crippen molar-refractivity contribution in [3.05, 3.63) is 60.8 Å². The van der Waals surface area contributed by atoms with Gasteiger partial charge in [0.1, 0.15) is 30.5 Å². The zero-order valence-corrected chi connectivity index (χ0v) is 36.8. The van der Waals surface area contributed by atoms with Gasteiger partial charge in [0.05, 0.1) is 19.8 Å². The molecule has 0 spiro atoms. The van der Waals surface area contributed by atoms with E-state index in [9.17, 15) is 25.2 Å². The Morgan fingerprint density at radius 1 is 0.569 bits per heavy atom. The number of aliphatic hydroxyl groups excluding tert-OH is 4. The van der Waals surface area contributed by atoms with Crippen molar-refractivity contribution in [3.8, 4) is 0 Å². The SMILES string of the molecule is CC/C=C\C/C=C\C/C=C\C/C=C\C/C=C\CCCCCCCCCCCCOCC(COC1OC(CO)C(O)C(O)C1O)OC(=O)CCCCCCCCCCC. The minimum atomic E-state index is -1.54. The van der Waals surface area contributed by atoms with E-state index in [0.717, 1.165) is 64.2 Å². The highest BCUT2D eigenvalue weighted by molar-refractivity contribution is 5.69. The van der Waals surface area contributed by atoms with Gasteiger partial charge in [-0.15, -0.1) is 0 Å². The van der Waals surface area contributed by atoms with E-state index in [1.165, 1.54) is 96.3 Å². The second-order valence-corrected chi connectivity index (χ2v) is 15.8. The standard InChI is InChI=1S/C49H86O9/c1-3-5-7-9-11-13-14-15-16-17-18-19-20-21-22-23-24-25-26-27-28-29-31-33-35-37-39-55-41-43(42-56-49-48(54)47(53)46(52)44(40-50)58-49)57-45(51)38-36-34-32-30-12-10-8-6-4-2/h5,7,11,13,15-16,18-19,21-22,43-44,46-50,52-54H,3-4,6,8-10,12,14,17,20,23-42H2,1-2H3/b7-5-,13-11-,16-15-,19-18-,22-21-. The van der Waals surface area contributed by atoms with Crippen molar-refractivity contribution < 1.29 is 44.2 Å². The Morgan fingerprint density at radius 2 is 1.05 bits per heavy atom. The molecule has 1 heterocycles. The number of carbonyl (C=O) groups is 1. The zero-order valence-electron chi connectivity index (χ0n) is 36.8. The minimum Gasteiger partial charge on any atom is -0.457 e. The second-order valence-electron chi connectivity index (χ2n) is 15.8. The molecule has 0 aromatic rings. The maximum atomic E-state index is 12.7. The second kappa shape index (κ2) is 40.3. The van der Waals surface area contributed by atoms with Crippen molar-refractivity contribution in [1.82, 2.24) is 0 Å². The number of aliphatic hydroxyl groups is 4. The lowest BCUT2D eigenvalue weighted by Crippen LogP contribution is -2.59. The molecule has 0 aromatic heterocycles. The number of hydrogen-bond acceptors (Lipinski definition) is 9. The number of rotatable bonds is 39. The molecule has 1 rings (SSSR count). The fraction of sp³-hybridized carbons (Fsp3) is 0.776. The summed E-state index contributed by atoms with van der Waals surface area (Å²) in [6, 6.07) is 0. The van der Waals surface area contributed by atoms with Gasteiger partial charge in [0.25, 0.3) is 0 Å². The molecular weight excluding hydrogens is 733 g/mol. The number of unbranched alkanes of at least 4 members (excludes halogenated alkanes) is 18. The minimum absolute atomic E-state index is 0.116. The van der Waals surface area contributed by atoms with E-state index in [2.05, 4.69) is 74.6 Å². The van der Waals surface area contributed by atoms with Crippen LogP contribution in [0.1, 0.15) is 181 Å². The van der Waals surface area contributed by atoms with Crippen LogP contribution in [-0.2, 0) is 23.7 Å². The van der Waals surface area contributed by atoms with E-state index in [1.807, 2.05) is 0 Å². The molecule has 6 atom stereocenters. The first-order valence-corrected chi connectivity index (χ1v) is 23.4. The van der Waals surface area contributed by atoms with Crippen LogP contribution >= 0.6 is 0 Å². The Bertz CT molecular complexity index is 1070. The summed E-state index contributed by atoms with van der Waals surface area (Å²) in [4.78, 5) is 12.7. The molecule has 0 aromatic carbocycles. The van der Waals surface area contributed by atoms with Gasteiger partial charge in [-0.1, -0.05) is 177 Å². The molecule has 1 fully saturated rings. The molecule has 4 N–H and O–H groups in total. The lowest BCUT2D eigenvalue weighted by atomic mass is 9.99. The molecule has 58 heavy (non-hydrogen) atoms. The van der Waals surface area contributed by atoms with E-state index in [4.69, 9.17) is 18.9 Å². The highest BCUT2D eigenvalue weighted by atomic mass is 16.7. The average molecular weight is 819 g/mol. The van der Waals surface area contributed by atoms with Gasteiger partial charge in [-0.2, -0.15) is 0 Å². The number of hydrogen-bond donors (Lipinski definition) is 4. The summed E-state index contributed by atoms with van der Waals surface area (Å²) in [6.07, 6.45) is 44.1. The third-order valence-corrected chi connectivity index (χ3v) is 10.4. The predicted molar refractivity (Wildman–Crippen MR) is 238 cm³/mol. The molecule has 0 aliphatic carbocycles. The molecule has 1 aliphatic rings. The van der Waals surface area contributed by atoms with Gasteiger partial charge >= 0.3 is 5.97 Å². The van der Waals surface area contributed by atoms with E-state index >= 15 is 0 Å². The van der Waals surface area contributed by atoms with Crippen LogP contribution in [0.5, 0.6) is 0 Å². The van der Waals surface area contributed by atoms with Crippen LogP contribution in [0.25, 0.3) is 0 Å². The first-order chi connectivity index (χ1) is 28.4. The van der Waals surface area contributed by atoms with Gasteiger partial charge in [0, 0.05) is 13.0 Å². The maximum Gasteiger partial charge on any atom is 0.306 e. The van der Waals surface area contributed by atoms with Crippen LogP contribution in [0.15, 0.2) is 60.8 Å². The normalized spacial score (nSPS) is 20.8. The molecule has 0 amide bonds. The molecule has 6 unspecified atom stereocenters. The molecule has 0 radical (unpaired) electrons. The summed E-state index contributed by atoms with van der Waals surface area (Å²) in [5, 5.41) is 40.1. The fourth-order valence-corrected chi connectivity index (χ4v) is 6.81. The number of carbonyl (C=O) groups excluding carboxylic acids is 1. The Balaban J connectivity index is 2.16. The Labute approximate surface area is 354 Å². The maximum absolute atomic E-state index is 12.7. The predicted octanol–water partition coefficient (Wildman–Crippen LogP) is 10.7. The molecule has 1 saturated heterocycles. The quantitative estimate of drug-likeness (QED) is 0.0272. The molecule has 9 nitrogen and oxygen atoms in total. The van der Waals surface area contributed by atoms with E-state index < -0.39 is 43.4 Å². The monoisotopic (exact) mass is 819 g/mol. The average Bonchev–Trinajstić information content (AvgIpc) is 3.22. The summed E-state index contributed by atoms with van der Waals surface area (Å²) < 4.78 is 22.8. The highest BCUT2D eigenvalue weighted by Crippen LogP contribution is 2.22. The van der Waals surface area contributed by atoms with Crippen molar-refractivity contribution >= 4 is 5.97 Å². The molecule has 1 aliphatic heterocycles.